The first-order valence-corrected chi connectivity index (χ1v) is 11.6. The maximum absolute atomic E-state index is 11.9. The second kappa shape index (κ2) is 14.2. The fourth-order valence-corrected chi connectivity index (χ4v) is 3.64. The number of piperidine rings is 1. The number of halogens is 1. The summed E-state index contributed by atoms with van der Waals surface area (Å²) in [6.45, 7) is 10.4. The third-order valence-corrected chi connectivity index (χ3v) is 5.46. The lowest BCUT2D eigenvalue weighted by molar-refractivity contribution is -0.122. The summed E-state index contributed by atoms with van der Waals surface area (Å²) in [5.74, 6) is 1.51. The highest BCUT2D eigenvalue weighted by molar-refractivity contribution is 14.0. The number of oxazole rings is 1. The Morgan fingerprint density at radius 3 is 2.58 bits per heavy atom. The topological polar surface area (TPSA) is 94.8 Å². The molecule has 0 aliphatic carbocycles. The summed E-state index contributed by atoms with van der Waals surface area (Å²) in [6.07, 6.45) is 4.59. The number of aliphatic imine (C=N–C) groups is 1. The van der Waals surface area contributed by atoms with Gasteiger partial charge in [-0.25, -0.2) is 9.98 Å². The fourth-order valence-electron chi connectivity index (χ4n) is 3.64. The van der Waals surface area contributed by atoms with Crippen LogP contribution in [0.3, 0.4) is 0 Å². The van der Waals surface area contributed by atoms with Gasteiger partial charge in [-0.05, 0) is 45.2 Å². The molecule has 1 amide bonds. The molecular weight excluding hydrogens is 531 g/mol. The Kier molecular flexibility index (Phi) is 11.7. The molecule has 1 aliphatic rings. The van der Waals surface area contributed by atoms with Gasteiger partial charge in [0.05, 0.1) is 13.1 Å². The lowest BCUT2D eigenvalue weighted by Gasteiger charge is -2.32. The first-order valence-electron chi connectivity index (χ1n) is 11.6. The van der Waals surface area contributed by atoms with Gasteiger partial charge in [0.2, 0.25) is 11.8 Å². The minimum atomic E-state index is 0. The Balaban J connectivity index is 0.00000385. The van der Waals surface area contributed by atoms with E-state index < -0.39 is 0 Å². The van der Waals surface area contributed by atoms with Gasteiger partial charge in [-0.15, -0.1) is 24.0 Å². The highest BCUT2D eigenvalue weighted by Crippen LogP contribution is 2.19. The van der Waals surface area contributed by atoms with E-state index in [-0.39, 0.29) is 29.9 Å². The molecule has 9 heteroatoms. The number of carbonyl (C=O) groups excluding carboxylic acids is 1. The Bertz CT molecular complexity index is 875. The Morgan fingerprint density at radius 2 is 1.91 bits per heavy atom. The first kappa shape index (κ1) is 27.1. The van der Waals surface area contributed by atoms with Crippen LogP contribution in [0.15, 0.2) is 39.9 Å². The lowest BCUT2D eigenvalue weighted by Crippen LogP contribution is -2.50. The van der Waals surface area contributed by atoms with Crippen molar-refractivity contribution in [1.82, 2.24) is 25.8 Å². The minimum absolute atomic E-state index is 0. The number of carbonyl (C=O) groups is 1. The average Bonchev–Trinajstić information content (AvgIpc) is 3.27. The second-order valence-corrected chi connectivity index (χ2v) is 8.25. The SMILES string of the molecule is CCCNC(=O)CN1CCC(NC(=NCc2coc(-c3ccc(C)cc3)n2)NCC)CC1.I. The van der Waals surface area contributed by atoms with Crippen LogP contribution < -0.4 is 16.0 Å². The third-order valence-electron chi connectivity index (χ3n) is 5.46. The number of aryl methyl sites for hydroxylation is 1. The number of aromatic nitrogens is 1. The first-order chi connectivity index (χ1) is 15.6. The van der Waals surface area contributed by atoms with Crippen molar-refractivity contribution in [2.45, 2.75) is 52.6 Å². The van der Waals surface area contributed by atoms with Gasteiger partial charge in [0.1, 0.15) is 12.0 Å². The van der Waals surface area contributed by atoms with Crippen molar-refractivity contribution in [3.05, 3.63) is 41.8 Å². The summed E-state index contributed by atoms with van der Waals surface area (Å²) in [4.78, 5) is 23.4. The van der Waals surface area contributed by atoms with Crippen LogP contribution in [0.4, 0.5) is 0 Å². The van der Waals surface area contributed by atoms with Crippen LogP contribution in [-0.2, 0) is 11.3 Å². The molecule has 2 heterocycles. The van der Waals surface area contributed by atoms with Gasteiger partial charge < -0.3 is 20.4 Å². The van der Waals surface area contributed by atoms with Crippen LogP contribution in [0.25, 0.3) is 11.5 Å². The molecule has 3 N–H and O–H groups in total. The average molecular weight is 569 g/mol. The van der Waals surface area contributed by atoms with Crippen molar-refractivity contribution in [3.8, 4) is 11.5 Å². The van der Waals surface area contributed by atoms with E-state index >= 15 is 0 Å². The molecule has 2 aromatic rings. The van der Waals surface area contributed by atoms with Gasteiger partial charge in [-0.1, -0.05) is 24.6 Å². The van der Waals surface area contributed by atoms with Crippen molar-refractivity contribution < 1.29 is 9.21 Å². The zero-order chi connectivity index (χ0) is 22.8. The number of nitrogens with one attached hydrogen (secondary N) is 3. The molecule has 1 aromatic heterocycles. The molecule has 1 saturated heterocycles. The zero-order valence-electron chi connectivity index (χ0n) is 19.9. The molecule has 0 spiro atoms. The smallest absolute Gasteiger partial charge is 0.234 e. The molecule has 1 aromatic carbocycles. The van der Waals surface area contributed by atoms with Crippen LogP contribution in [0, 0.1) is 6.92 Å². The van der Waals surface area contributed by atoms with Crippen LogP contribution in [0.1, 0.15) is 44.4 Å². The fraction of sp³-hybridized carbons (Fsp3) is 0.542. The van der Waals surface area contributed by atoms with Crippen molar-refractivity contribution >= 4 is 35.8 Å². The van der Waals surface area contributed by atoms with E-state index in [1.54, 1.807) is 6.26 Å². The Labute approximate surface area is 214 Å². The van der Waals surface area contributed by atoms with Crippen LogP contribution in [0.5, 0.6) is 0 Å². The van der Waals surface area contributed by atoms with E-state index in [2.05, 4.69) is 46.6 Å². The predicted octanol–water partition coefficient (Wildman–Crippen LogP) is 3.31. The molecule has 1 fully saturated rings. The molecule has 3 rings (SSSR count). The normalized spacial score (nSPS) is 15.1. The number of rotatable bonds is 9. The summed E-state index contributed by atoms with van der Waals surface area (Å²) in [7, 11) is 0. The molecule has 0 atom stereocenters. The summed E-state index contributed by atoms with van der Waals surface area (Å²) in [6, 6.07) is 8.46. The van der Waals surface area contributed by atoms with Gasteiger partial charge in [0.15, 0.2) is 5.96 Å². The van der Waals surface area contributed by atoms with Crippen molar-refractivity contribution in [2.24, 2.45) is 4.99 Å². The van der Waals surface area contributed by atoms with E-state index in [0.717, 1.165) is 62.7 Å². The van der Waals surface area contributed by atoms with Crippen molar-refractivity contribution in [3.63, 3.8) is 0 Å². The number of hydrogen-bond acceptors (Lipinski definition) is 5. The number of likely N-dealkylation sites (tertiary alicyclic amines) is 1. The lowest BCUT2D eigenvalue weighted by atomic mass is 10.1. The molecule has 0 saturated carbocycles. The van der Waals surface area contributed by atoms with E-state index in [0.29, 0.717) is 25.0 Å². The van der Waals surface area contributed by atoms with Crippen LogP contribution in [-0.4, -0.2) is 60.5 Å². The van der Waals surface area contributed by atoms with Crippen LogP contribution >= 0.6 is 24.0 Å². The number of amides is 1. The highest BCUT2D eigenvalue weighted by atomic mass is 127. The van der Waals surface area contributed by atoms with Gasteiger partial charge in [-0.2, -0.15) is 0 Å². The van der Waals surface area contributed by atoms with E-state index in [9.17, 15) is 4.79 Å². The standard InChI is InChI=1S/C24H36N6O2.HI/c1-4-12-26-22(31)16-30-13-10-20(11-14-30)29-24(25-5-2)27-15-21-17-32-23(28-21)19-8-6-18(3)7-9-19;/h6-9,17,20H,4-5,10-16H2,1-3H3,(H,26,31)(H2,25,27,29);1H. The zero-order valence-corrected chi connectivity index (χ0v) is 22.2. The molecular formula is C24H37IN6O2. The van der Waals surface area contributed by atoms with Gasteiger partial charge in [-0.3, -0.25) is 9.69 Å². The number of guanidine groups is 1. The monoisotopic (exact) mass is 568 g/mol. The largest absolute Gasteiger partial charge is 0.444 e. The third kappa shape index (κ3) is 8.96. The molecule has 1 aliphatic heterocycles. The summed E-state index contributed by atoms with van der Waals surface area (Å²) in [5.41, 5.74) is 2.97. The molecule has 0 radical (unpaired) electrons. The van der Waals surface area contributed by atoms with Crippen molar-refractivity contribution in [2.75, 3.05) is 32.7 Å². The van der Waals surface area contributed by atoms with E-state index in [1.807, 2.05) is 24.3 Å². The quantitative estimate of drug-likeness (QED) is 0.244. The van der Waals surface area contributed by atoms with Gasteiger partial charge >= 0.3 is 0 Å². The van der Waals surface area contributed by atoms with Gasteiger partial charge in [0.25, 0.3) is 0 Å². The molecule has 0 bridgehead atoms. The maximum atomic E-state index is 11.9. The van der Waals surface area contributed by atoms with Gasteiger partial charge in [0, 0.05) is 37.8 Å². The molecule has 182 valence electrons. The molecule has 8 nitrogen and oxygen atoms in total. The number of nitrogens with zero attached hydrogens (tertiary/aromatic N) is 3. The Morgan fingerprint density at radius 1 is 1.18 bits per heavy atom. The van der Waals surface area contributed by atoms with E-state index in [1.165, 1.54) is 5.56 Å². The summed E-state index contributed by atoms with van der Waals surface area (Å²) < 4.78 is 5.64. The van der Waals surface area contributed by atoms with Crippen LogP contribution in [0.2, 0.25) is 0 Å². The maximum Gasteiger partial charge on any atom is 0.234 e. The van der Waals surface area contributed by atoms with E-state index in [4.69, 9.17) is 9.41 Å². The summed E-state index contributed by atoms with van der Waals surface area (Å²) in [5, 5.41) is 9.80. The summed E-state index contributed by atoms with van der Waals surface area (Å²) >= 11 is 0. The molecule has 33 heavy (non-hydrogen) atoms. The number of hydrogen-bond donors (Lipinski definition) is 3. The highest BCUT2D eigenvalue weighted by Gasteiger charge is 2.21. The Hall–Kier alpha value is -2.14. The molecule has 0 unspecified atom stereocenters. The second-order valence-electron chi connectivity index (χ2n) is 8.25. The number of benzene rings is 1. The minimum Gasteiger partial charge on any atom is -0.444 e. The van der Waals surface area contributed by atoms with Crippen molar-refractivity contribution in [1.29, 1.82) is 0 Å². The predicted molar refractivity (Wildman–Crippen MR) is 143 cm³/mol.